The Labute approximate surface area is 84.4 Å². The van der Waals surface area contributed by atoms with E-state index < -0.39 is 30.8 Å². The summed E-state index contributed by atoms with van der Waals surface area (Å²) in [6.45, 7) is -1.06. The lowest BCUT2D eigenvalue weighted by molar-refractivity contribution is -0.202. The van der Waals surface area contributed by atoms with Crippen molar-refractivity contribution in [1.82, 2.24) is 5.32 Å². The molecule has 0 rings (SSSR count). The highest BCUT2D eigenvalue weighted by molar-refractivity contribution is 5.81. The summed E-state index contributed by atoms with van der Waals surface area (Å²) in [7, 11) is 1.21. The molecule has 0 radical (unpaired) electrons. The third kappa shape index (κ3) is 4.96. The molecule has 0 saturated carbocycles. The van der Waals surface area contributed by atoms with Crippen molar-refractivity contribution in [2.24, 2.45) is 5.73 Å². The van der Waals surface area contributed by atoms with E-state index in [-0.39, 0.29) is 6.54 Å². The number of aliphatic hydroxyl groups is 1. The van der Waals surface area contributed by atoms with E-state index in [1.54, 1.807) is 0 Å². The topological polar surface area (TPSA) is 84.6 Å². The fourth-order valence-electron chi connectivity index (χ4n) is 0.737. The predicted octanol–water partition coefficient (Wildman–Crippen LogP) is -1.00. The molecule has 0 aromatic carbocycles. The van der Waals surface area contributed by atoms with E-state index in [1.807, 2.05) is 5.32 Å². The van der Waals surface area contributed by atoms with Gasteiger partial charge in [0.2, 0.25) is 0 Å². The summed E-state index contributed by atoms with van der Waals surface area (Å²) in [5, 5.41) is 10.4. The minimum Gasteiger partial charge on any atom is -0.382 e. The number of hydrogen-bond acceptors (Lipinski definition) is 4. The van der Waals surface area contributed by atoms with Crippen LogP contribution in [-0.4, -0.2) is 49.6 Å². The first-order chi connectivity index (χ1) is 6.82. The van der Waals surface area contributed by atoms with E-state index in [0.717, 1.165) is 0 Å². The van der Waals surface area contributed by atoms with Crippen molar-refractivity contribution in [3.8, 4) is 0 Å². The number of alkyl halides is 3. The second-order valence-electron chi connectivity index (χ2n) is 2.76. The molecule has 0 aliphatic carbocycles. The van der Waals surface area contributed by atoms with Gasteiger partial charge in [0.15, 0.2) is 6.10 Å². The molecule has 0 aromatic rings. The molecule has 0 aromatic heterocycles. The van der Waals surface area contributed by atoms with Crippen LogP contribution in [0.5, 0.6) is 0 Å². The van der Waals surface area contributed by atoms with Crippen molar-refractivity contribution in [3.63, 3.8) is 0 Å². The Hall–Kier alpha value is -0.860. The third-order valence-corrected chi connectivity index (χ3v) is 1.64. The Morgan fingerprint density at radius 1 is 1.60 bits per heavy atom. The van der Waals surface area contributed by atoms with Gasteiger partial charge < -0.3 is 20.9 Å². The molecule has 5 nitrogen and oxygen atoms in total. The molecule has 15 heavy (non-hydrogen) atoms. The second-order valence-corrected chi connectivity index (χ2v) is 2.76. The van der Waals surface area contributed by atoms with Crippen LogP contribution in [0.1, 0.15) is 0 Å². The number of methoxy groups -OCH3 is 1. The highest BCUT2D eigenvalue weighted by Crippen LogP contribution is 2.19. The minimum absolute atomic E-state index is 0.148. The number of ether oxygens (including phenoxy) is 1. The number of aliphatic hydroxyl groups excluding tert-OH is 1. The van der Waals surface area contributed by atoms with Crippen molar-refractivity contribution >= 4 is 5.91 Å². The van der Waals surface area contributed by atoms with Gasteiger partial charge in [-0.3, -0.25) is 4.79 Å². The summed E-state index contributed by atoms with van der Waals surface area (Å²) in [4.78, 5) is 11.0. The molecular formula is C7H13F3N2O3. The zero-order valence-corrected chi connectivity index (χ0v) is 8.04. The molecule has 0 aliphatic heterocycles. The predicted molar refractivity (Wildman–Crippen MR) is 44.9 cm³/mol. The van der Waals surface area contributed by atoms with Crippen molar-refractivity contribution in [3.05, 3.63) is 0 Å². The van der Waals surface area contributed by atoms with E-state index in [4.69, 9.17) is 10.8 Å². The zero-order chi connectivity index (χ0) is 12.1. The van der Waals surface area contributed by atoms with Gasteiger partial charge in [0.05, 0.1) is 6.54 Å². The number of rotatable bonds is 5. The second kappa shape index (κ2) is 5.89. The molecule has 0 bridgehead atoms. The van der Waals surface area contributed by atoms with Crippen LogP contribution in [0.2, 0.25) is 0 Å². The Morgan fingerprint density at radius 3 is 2.47 bits per heavy atom. The number of carbonyl (C=O) groups excluding carboxylic acids is 1. The summed E-state index contributed by atoms with van der Waals surface area (Å²) >= 11 is 0. The highest BCUT2D eigenvalue weighted by Gasteiger charge is 2.38. The first kappa shape index (κ1) is 14.1. The van der Waals surface area contributed by atoms with E-state index in [2.05, 4.69) is 4.74 Å². The van der Waals surface area contributed by atoms with Gasteiger partial charge in [-0.15, -0.1) is 0 Å². The molecule has 90 valence electrons. The summed E-state index contributed by atoms with van der Waals surface area (Å²) in [6, 6.07) is 0. The summed E-state index contributed by atoms with van der Waals surface area (Å²) in [6.07, 6.45) is -8.35. The third-order valence-electron chi connectivity index (χ3n) is 1.64. The van der Waals surface area contributed by atoms with Gasteiger partial charge in [-0.1, -0.05) is 0 Å². The van der Waals surface area contributed by atoms with Crippen LogP contribution < -0.4 is 11.1 Å². The number of amides is 1. The maximum absolute atomic E-state index is 11.8. The normalized spacial score (nSPS) is 15.9. The lowest BCUT2D eigenvalue weighted by atomic mass is 10.3. The van der Waals surface area contributed by atoms with Crippen LogP contribution in [0.25, 0.3) is 0 Å². The number of nitrogens with two attached hydrogens (primary N) is 1. The molecule has 0 fully saturated rings. The van der Waals surface area contributed by atoms with Gasteiger partial charge >= 0.3 is 6.18 Å². The van der Waals surface area contributed by atoms with Gasteiger partial charge in [-0.2, -0.15) is 13.2 Å². The molecule has 4 N–H and O–H groups in total. The average molecular weight is 230 g/mol. The lowest BCUT2D eigenvalue weighted by Crippen LogP contribution is -2.46. The number of nitrogens with one attached hydrogen (secondary N) is 1. The van der Waals surface area contributed by atoms with Crippen LogP contribution in [0.15, 0.2) is 0 Å². The van der Waals surface area contributed by atoms with Crippen LogP contribution in [-0.2, 0) is 9.53 Å². The average Bonchev–Trinajstić information content (AvgIpc) is 2.14. The lowest BCUT2D eigenvalue weighted by Gasteiger charge is -2.17. The van der Waals surface area contributed by atoms with Crippen molar-refractivity contribution in [1.29, 1.82) is 0 Å². The van der Waals surface area contributed by atoms with Crippen LogP contribution in [0, 0.1) is 0 Å². The largest absolute Gasteiger partial charge is 0.416 e. The molecule has 0 aliphatic rings. The molecule has 0 saturated heterocycles. The number of halogens is 3. The molecule has 1 amide bonds. The summed E-state index contributed by atoms with van der Waals surface area (Å²) in [5.41, 5.74) is 5.11. The Balaban J connectivity index is 4.00. The van der Waals surface area contributed by atoms with Gasteiger partial charge in [-0.05, 0) is 0 Å². The first-order valence-corrected chi connectivity index (χ1v) is 4.08. The SMILES string of the molecule is COC(CN)C(=O)NCC(O)C(F)(F)F. The van der Waals surface area contributed by atoms with Crippen molar-refractivity contribution in [2.45, 2.75) is 18.4 Å². The smallest absolute Gasteiger partial charge is 0.382 e. The van der Waals surface area contributed by atoms with E-state index in [0.29, 0.717) is 0 Å². The Morgan fingerprint density at radius 2 is 2.13 bits per heavy atom. The molecule has 8 heteroatoms. The Kier molecular flexibility index (Phi) is 5.55. The van der Waals surface area contributed by atoms with Crippen LogP contribution >= 0.6 is 0 Å². The van der Waals surface area contributed by atoms with Crippen LogP contribution in [0.4, 0.5) is 13.2 Å². The monoisotopic (exact) mass is 230 g/mol. The van der Waals surface area contributed by atoms with Gasteiger partial charge in [-0.25, -0.2) is 0 Å². The highest BCUT2D eigenvalue weighted by atomic mass is 19.4. The standard InChI is InChI=1S/C7H13F3N2O3/c1-15-4(2-11)6(14)12-3-5(13)7(8,9)10/h4-5,13H,2-3,11H2,1H3,(H,12,14). The quantitative estimate of drug-likeness (QED) is 0.565. The van der Waals surface area contributed by atoms with E-state index in [9.17, 15) is 18.0 Å². The van der Waals surface area contributed by atoms with Gasteiger partial charge in [0.1, 0.15) is 6.10 Å². The molecular weight excluding hydrogens is 217 g/mol. The van der Waals surface area contributed by atoms with Crippen molar-refractivity contribution in [2.75, 3.05) is 20.2 Å². The van der Waals surface area contributed by atoms with Crippen LogP contribution in [0.3, 0.4) is 0 Å². The first-order valence-electron chi connectivity index (χ1n) is 4.08. The zero-order valence-electron chi connectivity index (χ0n) is 8.04. The van der Waals surface area contributed by atoms with Crippen molar-refractivity contribution < 1.29 is 27.8 Å². The fourth-order valence-corrected chi connectivity index (χ4v) is 0.737. The Bertz CT molecular complexity index is 206. The number of hydrogen-bond donors (Lipinski definition) is 3. The summed E-state index contributed by atoms with van der Waals surface area (Å²) in [5.74, 6) is -0.789. The summed E-state index contributed by atoms with van der Waals surface area (Å²) < 4.78 is 40.0. The molecule has 0 spiro atoms. The van der Waals surface area contributed by atoms with E-state index >= 15 is 0 Å². The fraction of sp³-hybridized carbons (Fsp3) is 0.857. The molecule has 0 heterocycles. The molecule has 2 unspecified atom stereocenters. The maximum atomic E-state index is 11.8. The maximum Gasteiger partial charge on any atom is 0.416 e. The molecule has 2 atom stereocenters. The number of carbonyl (C=O) groups is 1. The van der Waals surface area contributed by atoms with Gasteiger partial charge in [0, 0.05) is 13.7 Å². The van der Waals surface area contributed by atoms with Gasteiger partial charge in [0.25, 0.3) is 5.91 Å². The minimum atomic E-state index is -4.75. The van der Waals surface area contributed by atoms with E-state index in [1.165, 1.54) is 7.11 Å².